The van der Waals surface area contributed by atoms with Crippen LogP contribution in [-0.4, -0.2) is 75.5 Å². The number of nitrogens with one attached hydrogen (secondary N) is 1. The smallest absolute Gasteiger partial charge is 0.157 e. The standard InChI is InChI=1S/C19H25N7/c1-24-11-13-25(14-12-24)9-2-5-22-19-18(16-3-6-20-7-4-16)23-17-15-21-8-10-26(17)19/h3-4,6-8,10,15,22H,2,5,9,11-14H2,1H3. The molecular weight excluding hydrogens is 326 g/mol. The molecule has 7 heteroatoms. The van der Waals surface area contributed by atoms with Gasteiger partial charge >= 0.3 is 0 Å². The SMILES string of the molecule is CN1CCN(CCCNc2c(-c3ccncc3)nc3cnccn23)CC1. The molecule has 1 N–H and O–H groups in total. The summed E-state index contributed by atoms with van der Waals surface area (Å²) in [5.74, 6) is 1.02. The van der Waals surface area contributed by atoms with E-state index >= 15 is 0 Å². The van der Waals surface area contributed by atoms with Gasteiger partial charge in [-0.1, -0.05) is 0 Å². The molecule has 0 saturated carbocycles. The van der Waals surface area contributed by atoms with Crippen molar-refractivity contribution in [2.45, 2.75) is 6.42 Å². The summed E-state index contributed by atoms with van der Waals surface area (Å²) >= 11 is 0. The minimum absolute atomic E-state index is 0.848. The summed E-state index contributed by atoms with van der Waals surface area (Å²) in [7, 11) is 2.19. The third kappa shape index (κ3) is 3.68. The molecule has 3 aromatic heterocycles. The molecule has 0 radical (unpaired) electrons. The van der Waals surface area contributed by atoms with E-state index in [1.165, 1.54) is 26.2 Å². The van der Waals surface area contributed by atoms with Crippen molar-refractivity contribution < 1.29 is 0 Å². The first-order valence-electron chi connectivity index (χ1n) is 9.18. The van der Waals surface area contributed by atoms with Gasteiger partial charge in [0.15, 0.2) is 5.65 Å². The van der Waals surface area contributed by atoms with Gasteiger partial charge in [-0.2, -0.15) is 0 Å². The van der Waals surface area contributed by atoms with Gasteiger partial charge in [0, 0.05) is 63.1 Å². The minimum Gasteiger partial charge on any atom is -0.369 e. The topological polar surface area (TPSA) is 61.6 Å². The second-order valence-corrected chi connectivity index (χ2v) is 6.77. The van der Waals surface area contributed by atoms with Gasteiger partial charge in [0.1, 0.15) is 11.5 Å². The van der Waals surface area contributed by atoms with Crippen LogP contribution in [0.4, 0.5) is 5.82 Å². The molecule has 136 valence electrons. The summed E-state index contributed by atoms with van der Waals surface area (Å²) in [5, 5.41) is 3.60. The summed E-state index contributed by atoms with van der Waals surface area (Å²) in [6.45, 7) is 6.71. The van der Waals surface area contributed by atoms with Crippen LogP contribution < -0.4 is 5.32 Å². The van der Waals surface area contributed by atoms with Crippen LogP contribution in [0.5, 0.6) is 0 Å². The van der Waals surface area contributed by atoms with Crippen LogP contribution in [-0.2, 0) is 0 Å². The average Bonchev–Trinajstić information content (AvgIpc) is 3.06. The van der Waals surface area contributed by atoms with E-state index in [9.17, 15) is 0 Å². The quantitative estimate of drug-likeness (QED) is 0.684. The summed E-state index contributed by atoms with van der Waals surface area (Å²) in [6.07, 6.45) is 10.2. The fourth-order valence-electron chi connectivity index (χ4n) is 3.37. The van der Waals surface area contributed by atoms with Crippen molar-refractivity contribution in [3.8, 4) is 11.3 Å². The Balaban J connectivity index is 1.45. The van der Waals surface area contributed by atoms with Crippen LogP contribution in [0, 0.1) is 0 Å². The number of imidazole rings is 1. The highest BCUT2D eigenvalue weighted by Crippen LogP contribution is 2.27. The molecule has 0 aliphatic carbocycles. The Kier molecular flexibility index (Phi) is 5.08. The number of aromatic nitrogens is 4. The third-order valence-electron chi connectivity index (χ3n) is 4.92. The Morgan fingerprint density at radius 3 is 2.65 bits per heavy atom. The van der Waals surface area contributed by atoms with E-state index in [4.69, 9.17) is 4.98 Å². The first-order valence-corrected chi connectivity index (χ1v) is 9.18. The molecule has 0 spiro atoms. The summed E-state index contributed by atoms with van der Waals surface area (Å²) in [6, 6.07) is 3.98. The molecule has 0 unspecified atom stereocenters. The minimum atomic E-state index is 0.848. The van der Waals surface area contributed by atoms with Gasteiger partial charge in [0.05, 0.1) is 6.20 Å². The third-order valence-corrected chi connectivity index (χ3v) is 4.92. The zero-order valence-corrected chi connectivity index (χ0v) is 15.2. The zero-order valence-electron chi connectivity index (χ0n) is 15.2. The molecule has 0 bridgehead atoms. The second kappa shape index (κ2) is 7.80. The number of nitrogens with zero attached hydrogens (tertiary/aromatic N) is 6. The molecule has 7 nitrogen and oxygen atoms in total. The van der Waals surface area contributed by atoms with Gasteiger partial charge in [-0.15, -0.1) is 0 Å². The monoisotopic (exact) mass is 351 g/mol. The number of fused-ring (bicyclic) bond motifs is 1. The van der Waals surface area contributed by atoms with E-state index in [2.05, 4.69) is 36.5 Å². The van der Waals surface area contributed by atoms with E-state index < -0.39 is 0 Å². The molecule has 1 fully saturated rings. The highest BCUT2D eigenvalue weighted by molar-refractivity contribution is 5.75. The molecule has 4 rings (SSSR count). The van der Waals surface area contributed by atoms with Gasteiger partial charge in [-0.25, -0.2) is 4.98 Å². The number of piperazine rings is 1. The molecule has 0 aromatic carbocycles. The number of anilines is 1. The Morgan fingerprint density at radius 1 is 1.04 bits per heavy atom. The molecule has 4 heterocycles. The van der Waals surface area contributed by atoms with Crippen LogP contribution in [0.15, 0.2) is 43.1 Å². The Morgan fingerprint density at radius 2 is 1.85 bits per heavy atom. The van der Waals surface area contributed by atoms with Crippen molar-refractivity contribution in [2.75, 3.05) is 51.6 Å². The van der Waals surface area contributed by atoms with Gasteiger partial charge in [-0.05, 0) is 32.1 Å². The van der Waals surface area contributed by atoms with E-state index in [1.54, 1.807) is 24.8 Å². The Bertz CT molecular complexity index is 837. The number of likely N-dealkylation sites (N-methyl/N-ethyl adjacent to an activating group) is 1. The van der Waals surface area contributed by atoms with E-state index in [0.717, 1.165) is 42.2 Å². The lowest BCUT2D eigenvalue weighted by atomic mass is 10.2. The molecule has 1 saturated heterocycles. The zero-order chi connectivity index (χ0) is 17.8. The molecule has 0 atom stereocenters. The summed E-state index contributed by atoms with van der Waals surface area (Å²) in [5.41, 5.74) is 2.85. The average molecular weight is 351 g/mol. The number of hydrogen-bond donors (Lipinski definition) is 1. The fraction of sp³-hybridized carbons (Fsp3) is 0.421. The molecule has 3 aromatic rings. The normalized spacial score (nSPS) is 16.2. The molecule has 26 heavy (non-hydrogen) atoms. The van der Waals surface area contributed by atoms with Gasteiger partial charge in [0.2, 0.25) is 0 Å². The fourth-order valence-corrected chi connectivity index (χ4v) is 3.37. The van der Waals surface area contributed by atoms with E-state index in [0.29, 0.717) is 0 Å². The molecule has 1 aliphatic rings. The number of hydrogen-bond acceptors (Lipinski definition) is 6. The lowest BCUT2D eigenvalue weighted by Gasteiger charge is -2.32. The van der Waals surface area contributed by atoms with Crippen molar-refractivity contribution in [1.82, 2.24) is 29.2 Å². The predicted molar refractivity (Wildman–Crippen MR) is 103 cm³/mol. The number of pyridine rings is 1. The van der Waals surface area contributed by atoms with Crippen LogP contribution in [0.3, 0.4) is 0 Å². The van der Waals surface area contributed by atoms with Crippen LogP contribution in [0.2, 0.25) is 0 Å². The van der Waals surface area contributed by atoms with Gasteiger partial charge < -0.3 is 15.1 Å². The predicted octanol–water partition coefficient (Wildman–Crippen LogP) is 1.84. The Hall–Kier alpha value is -2.51. The van der Waals surface area contributed by atoms with Crippen molar-refractivity contribution in [3.05, 3.63) is 43.1 Å². The van der Waals surface area contributed by atoms with Crippen molar-refractivity contribution in [3.63, 3.8) is 0 Å². The lowest BCUT2D eigenvalue weighted by Crippen LogP contribution is -2.44. The lowest BCUT2D eigenvalue weighted by molar-refractivity contribution is 0.154. The summed E-state index contributed by atoms with van der Waals surface area (Å²) in [4.78, 5) is 18.0. The van der Waals surface area contributed by atoms with Crippen molar-refractivity contribution in [2.24, 2.45) is 0 Å². The van der Waals surface area contributed by atoms with Crippen LogP contribution in [0.25, 0.3) is 16.9 Å². The largest absolute Gasteiger partial charge is 0.369 e. The van der Waals surface area contributed by atoms with Crippen molar-refractivity contribution in [1.29, 1.82) is 0 Å². The Labute approximate surface area is 153 Å². The maximum Gasteiger partial charge on any atom is 0.157 e. The van der Waals surface area contributed by atoms with E-state index in [1.807, 2.05) is 18.3 Å². The second-order valence-electron chi connectivity index (χ2n) is 6.77. The highest BCUT2D eigenvalue weighted by Gasteiger charge is 2.15. The molecule has 1 aliphatic heterocycles. The summed E-state index contributed by atoms with van der Waals surface area (Å²) < 4.78 is 2.07. The first kappa shape index (κ1) is 16.9. The molecule has 0 amide bonds. The maximum atomic E-state index is 4.75. The maximum absolute atomic E-state index is 4.75. The van der Waals surface area contributed by atoms with Crippen molar-refractivity contribution >= 4 is 11.5 Å². The first-order chi connectivity index (χ1) is 12.8. The van der Waals surface area contributed by atoms with Crippen LogP contribution >= 0.6 is 0 Å². The van der Waals surface area contributed by atoms with Gasteiger partial charge in [0.25, 0.3) is 0 Å². The molecular formula is C19H25N7. The highest BCUT2D eigenvalue weighted by atomic mass is 15.2. The van der Waals surface area contributed by atoms with Gasteiger partial charge in [-0.3, -0.25) is 14.4 Å². The number of rotatable bonds is 6. The van der Waals surface area contributed by atoms with Crippen LogP contribution in [0.1, 0.15) is 6.42 Å². The van der Waals surface area contributed by atoms with E-state index in [-0.39, 0.29) is 0 Å².